The second-order valence-corrected chi connectivity index (χ2v) is 9.91. The Morgan fingerprint density at radius 2 is 1.93 bits per heavy atom. The van der Waals surface area contributed by atoms with Gasteiger partial charge in [-0.15, -0.1) is 0 Å². The molecule has 0 aliphatic heterocycles. The van der Waals surface area contributed by atoms with Crippen molar-refractivity contribution in [3.8, 4) is 6.07 Å². The van der Waals surface area contributed by atoms with Crippen LogP contribution in [0.5, 0.6) is 0 Å². The fraction of sp³-hybridized carbons (Fsp3) is 0.696. The van der Waals surface area contributed by atoms with E-state index >= 15 is 0 Å². The van der Waals surface area contributed by atoms with E-state index in [-0.39, 0.29) is 17.7 Å². The number of hydrogen-bond acceptors (Lipinski definition) is 6. The summed E-state index contributed by atoms with van der Waals surface area (Å²) < 4.78 is 5.35. The Bertz CT molecular complexity index is 744. The van der Waals surface area contributed by atoms with Gasteiger partial charge in [-0.2, -0.15) is 5.26 Å². The zero-order valence-electron chi connectivity index (χ0n) is 18.9. The molecule has 1 aromatic heterocycles. The van der Waals surface area contributed by atoms with Crippen LogP contribution in [0.1, 0.15) is 84.2 Å². The molecule has 0 spiro atoms. The van der Waals surface area contributed by atoms with Crippen LogP contribution in [0.2, 0.25) is 0 Å². The summed E-state index contributed by atoms with van der Waals surface area (Å²) in [6, 6.07) is 7.27. The van der Waals surface area contributed by atoms with E-state index in [1.165, 1.54) is 0 Å². The molecule has 1 atom stereocenters. The summed E-state index contributed by atoms with van der Waals surface area (Å²) >= 11 is 0. The number of aromatic nitrogens is 1. The third-order valence-corrected chi connectivity index (χ3v) is 5.37. The number of pyridine rings is 1. The lowest BCUT2D eigenvalue weighted by molar-refractivity contribution is 0.0484. The summed E-state index contributed by atoms with van der Waals surface area (Å²) in [5.41, 5.74) is 0.199. The van der Waals surface area contributed by atoms with Crippen molar-refractivity contribution >= 4 is 6.09 Å². The molecule has 1 fully saturated rings. The number of nitrogens with one attached hydrogen (secondary N) is 2. The fourth-order valence-electron chi connectivity index (χ4n) is 3.96. The first kappa shape index (κ1) is 24.1. The van der Waals surface area contributed by atoms with Gasteiger partial charge in [0, 0.05) is 18.1 Å². The third-order valence-electron chi connectivity index (χ3n) is 5.37. The molecule has 1 aromatic rings. The number of hydrogen-bond donors (Lipinski definition) is 3. The van der Waals surface area contributed by atoms with Crippen LogP contribution in [0.15, 0.2) is 18.2 Å². The highest BCUT2D eigenvalue weighted by atomic mass is 16.6. The Kier molecular flexibility index (Phi) is 8.22. The molecule has 3 N–H and O–H groups in total. The second-order valence-electron chi connectivity index (χ2n) is 9.91. The summed E-state index contributed by atoms with van der Waals surface area (Å²) in [4.78, 5) is 16.1. The number of aliphatic hydroxyl groups excluding tert-OH is 1. The minimum absolute atomic E-state index is 0.135. The van der Waals surface area contributed by atoms with Gasteiger partial charge in [-0.1, -0.05) is 6.07 Å². The first-order chi connectivity index (χ1) is 14.0. The topological polar surface area (TPSA) is 107 Å². The number of carbonyl (C=O) groups excluding carboxylic acids is 1. The van der Waals surface area contributed by atoms with E-state index in [2.05, 4.69) is 29.5 Å². The van der Waals surface area contributed by atoms with Crippen molar-refractivity contribution in [2.45, 2.75) is 90.0 Å². The Morgan fingerprint density at radius 1 is 1.27 bits per heavy atom. The molecule has 7 heteroatoms. The summed E-state index contributed by atoms with van der Waals surface area (Å²) in [5, 5.41) is 25.8. The summed E-state index contributed by atoms with van der Waals surface area (Å²) in [7, 11) is 0. The number of nitriles is 1. The van der Waals surface area contributed by atoms with Crippen LogP contribution in [0.3, 0.4) is 0 Å². The zero-order valence-corrected chi connectivity index (χ0v) is 18.9. The first-order valence-corrected chi connectivity index (χ1v) is 10.8. The molecule has 0 saturated heterocycles. The van der Waals surface area contributed by atoms with Gasteiger partial charge in [-0.25, -0.2) is 9.78 Å². The van der Waals surface area contributed by atoms with Crippen molar-refractivity contribution in [1.82, 2.24) is 15.6 Å². The molecule has 7 nitrogen and oxygen atoms in total. The smallest absolute Gasteiger partial charge is 0.407 e. The van der Waals surface area contributed by atoms with Gasteiger partial charge in [0.15, 0.2) is 0 Å². The van der Waals surface area contributed by atoms with Gasteiger partial charge in [0.05, 0.1) is 5.69 Å². The normalized spacial score (nSPS) is 20.8. The molecule has 1 amide bonds. The zero-order chi connectivity index (χ0) is 22.4. The fourth-order valence-corrected chi connectivity index (χ4v) is 3.96. The van der Waals surface area contributed by atoms with E-state index in [0.717, 1.165) is 32.1 Å². The quantitative estimate of drug-likeness (QED) is 0.624. The largest absolute Gasteiger partial charge is 0.444 e. The molecule has 1 aliphatic carbocycles. The van der Waals surface area contributed by atoms with Crippen molar-refractivity contribution < 1.29 is 14.6 Å². The number of aliphatic hydroxyl groups is 1. The van der Waals surface area contributed by atoms with Crippen molar-refractivity contribution in [2.24, 2.45) is 5.92 Å². The van der Waals surface area contributed by atoms with Gasteiger partial charge in [0.2, 0.25) is 0 Å². The lowest BCUT2D eigenvalue weighted by Crippen LogP contribution is -2.45. The van der Waals surface area contributed by atoms with E-state index in [1.54, 1.807) is 18.2 Å². The second kappa shape index (κ2) is 10.2. The van der Waals surface area contributed by atoms with Gasteiger partial charge in [-0.3, -0.25) is 0 Å². The highest BCUT2D eigenvalue weighted by molar-refractivity contribution is 5.68. The number of carbonyl (C=O) groups is 1. The van der Waals surface area contributed by atoms with E-state index in [1.807, 2.05) is 26.8 Å². The van der Waals surface area contributed by atoms with Gasteiger partial charge in [0.25, 0.3) is 0 Å². The molecule has 0 aromatic carbocycles. The van der Waals surface area contributed by atoms with Crippen LogP contribution in [-0.4, -0.2) is 39.9 Å². The predicted molar refractivity (Wildman–Crippen MR) is 116 cm³/mol. The SMILES string of the molecule is CC(C)(CC1CCC(NC(=O)OC(C)(C)C)CC1)NC[C@@H](O)c1cccc(C#N)n1. The van der Waals surface area contributed by atoms with Gasteiger partial charge >= 0.3 is 6.09 Å². The molecular formula is C23H36N4O3. The number of ether oxygens (including phenoxy) is 1. The number of alkyl carbamates (subject to hydrolysis) is 1. The maximum absolute atomic E-state index is 12.0. The molecule has 2 rings (SSSR count). The first-order valence-electron chi connectivity index (χ1n) is 10.8. The van der Waals surface area contributed by atoms with E-state index in [0.29, 0.717) is 23.9 Å². The Morgan fingerprint density at radius 3 is 2.53 bits per heavy atom. The lowest BCUT2D eigenvalue weighted by atomic mass is 9.79. The number of nitrogens with zero attached hydrogens (tertiary/aromatic N) is 2. The Hall–Kier alpha value is -2.17. The molecule has 0 radical (unpaired) electrons. The minimum atomic E-state index is -0.758. The monoisotopic (exact) mass is 416 g/mol. The van der Waals surface area contributed by atoms with Gasteiger partial charge in [0.1, 0.15) is 23.5 Å². The van der Waals surface area contributed by atoms with Crippen LogP contribution in [-0.2, 0) is 4.74 Å². The molecule has 1 aliphatic rings. The minimum Gasteiger partial charge on any atom is -0.444 e. The van der Waals surface area contributed by atoms with Crippen LogP contribution in [0, 0.1) is 17.2 Å². The molecule has 166 valence electrons. The highest BCUT2D eigenvalue weighted by Crippen LogP contribution is 2.31. The number of amides is 1. The molecular weight excluding hydrogens is 380 g/mol. The third kappa shape index (κ3) is 8.29. The van der Waals surface area contributed by atoms with Crippen LogP contribution >= 0.6 is 0 Å². The van der Waals surface area contributed by atoms with Crippen LogP contribution < -0.4 is 10.6 Å². The lowest BCUT2D eigenvalue weighted by Gasteiger charge is -2.36. The van der Waals surface area contributed by atoms with Crippen LogP contribution in [0.25, 0.3) is 0 Å². The van der Waals surface area contributed by atoms with Crippen molar-refractivity contribution in [3.05, 3.63) is 29.6 Å². The predicted octanol–water partition coefficient (Wildman–Crippen LogP) is 3.83. The van der Waals surface area contributed by atoms with E-state index in [4.69, 9.17) is 10.00 Å². The number of rotatable bonds is 7. The molecule has 0 unspecified atom stereocenters. The van der Waals surface area contributed by atoms with Crippen molar-refractivity contribution in [3.63, 3.8) is 0 Å². The summed E-state index contributed by atoms with van der Waals surface area (Å²) in [5.74, 6) is 0.571. The van der Waals surface area contributed by atoms with E-state index in [9.17, 15) is 9.90 Å². The molecule has 1 saturated carbocycles. The van der Waals surface area contributed by atoms with Crippen molar-refractivity contribution in [2.75, 3.05) is 6.54 Å². The molecule has 30 heavy (non-hydrogen) atoms. The standard InChI is InChI=1S/C23H36N4O3/c1-22(2,3)30-21(29)27-17-11-9-16(10-12-17)13-23(4,5)25-15-20(28)19-8-6-7-18(14-24)26-19/h6-8,16-17,20,25,28H,9-13,15H2,1-5H3,(H,27,29)/t16?,17?,20-/m1/s1. The van der Waals surface area contributed by atoms with Crippen molar-refractivity contribution in [1.29, 1.82) is 5.26 Å². The summed E-state index contributed by atoms with van der Waals surface area (Å²) in [6.45, 7) is 10.3. The average Bonchev–Trinajstić information content (AvgIpc) is 2.66. The maximum Gasteiger partial charge on any atom is 0.407 e. The van der Waals surface area contributed by atoms with E-state index < -0.39 is 11.7 Å². The molecule has 1 heterocycles. The van der Waals surface area contributed by atoms with Crippen LogP contribution in [0.4, 0.5) is 4.79 Å². The maximum atomic E-state index is 12.0. The Balaban J connectivity index is 1.75. The van der Waals surface area contributed by atoms with Gasteiger partial charge in [-0.05, 0) is 84.8 Å². The highest BCUT2D eigenvalue weighted by Gasteiger charge is 2.29. The average molecular weight is 417 g/mol. The van der Waals surface area contributed by atoms with Gasteiger partial charge < -0.3 is 20.5 Å². The summed E-state index contributed by atoms with van der Waals surface area (Å²) in [6.07, 6.45) is 3.91. The number of β-amino-alcohol motifs (C(OH)–C–C–N with tert-alkyl or cyclic N) is 1. The Labute approximate surface area is 180 Å². The molecule has 0 bridgehead atoms.